The van der Waals surface area contributed by atoms with Crippen LogP contribution < -0.4 is 24.7 Å². The molecule has 1 atom stereocenters. The zero-order chi connectivity index (χ0) is 29.5. The first-order valence-electron chi connectivity index (χ1n) is 13.9. The van der Waals surface area contributed by atoms with Gasteiger partial charge in [0.25, 0.3) is 0 Å². The highest BCUT2D eigenvalue weighted by molar-refractivity contribution is 5.91. The van der Waals surface area contributed by atoms with Crippen LogP contribution >= 0.6 is 0 Å². The Morgan fingerprint density at radius 1 is 0.905 bits per heavy atom. The van der Waals surface area contributed by atoms with Gasteiger partial charge in [0.15, 0.2) is 0 Å². The maximum Gasteiger partial charge on any atom is 0.343 e. The molecule has 1 aliphatic rings. The van der Waals surface area contributed by atoms with E-state index in [0.29, 0.717) is 47.3 Å². The lowest BCUT2D eigenvalue weighted by Crippen LogP contribution is -2.21. The summed E-state index contributed by atoms with van der Waals surface area (Å²) in [7, 11) is 0. The van der Waals surface area contributed by atoms with E-state index in [2.05, 4.69) is 25.1 Å². The molecule has 2 N–H and O–H groups in total. The summed E-state index contributed by atoms with van der Waals surface area (Å²) in [6.45, 7) is 5.23. The van der Waals surface area contributed by atoms with Crippen LogP contribution in [0, 0.1) is 18.3 Å². The topological polar surface area (TPSA) is 104 Å². The first kappa shape index (κ1) is 28.3. The summed E-state index contributed by atoms with van der Waals surface area (Å²) in [6.07, 6.45) is 2.01. The molecule has 0 spiro atoms. The number of unbranched alkanes of at least 4 members (excludes halogenated alkanes) is 1. The molecule has 0 bridgehead atoms. The van der Waals surface area contributed by atoms with Gasteiger partial charge in [-0.1, -0.05) is 61.4 Å². The number of ether oxygens (including phenoxy) is 4. The summed E-state index contributed by atoms with van der Waals surface area (Å²) in [5.74, 6) is 1.19. The quantitative estimate of drug-likeness (QED) is 0.124. The van der Waals surface area contributed by atoms with Gasteiger partial charge in [-0.3, -0.25) is 0 Å². The van der Waals surface area contributed by atoms with Crippen molar-refractivity contribution in [2.24, 2.45) is 5.73 Å². The summed E-state index contributed by atoms with van der Waals surface area (Å²) < 4.78 is 23.0. The van der Waals surface area contributed by atoms with Crippen molar-refractivity contribution in [3.05, 3.63) is 130 Å². The number of carbonyl (C=O) groups is 1. The molecule has 0 amide bonds. The Labute approximate surface area is 245 Å². The minimum absolute atomic E-state index is 0.0110. The molecule has 42 heavy (non-hydrogen) atoms. The zero-order valence-electron chi connectivity index (χ0n) is 23.6. The van der Waals surface area contributed by atoms with Gasteiger partial charge in [-0.15, -0.1) is 0 Å². The lowest BCUT2D eigenvalue weighted by atomic mass is 9.83. The molecule has 0 fully saturated rings. The molecular formula is C35H32N2O5. The zero-order valence-corrected chi connectivity index (χ0v) is 23.6. The fourth-order valence-corrected chi connectivity index (χ4v) is 4.64. The van der Waals surface area contributed by atoms with Gasteiger partial charge in [0.05, 0.1) is 18.1 Å². The Kier molecular flexibility index (Phi) is 8.74. The van der Waals surface area contributed by atoms with E-state index in [9.17, 15) is 10.1 Å². The second-order valence-corrected chi connectivity index (χ2v) is 10.1. The number of rotatable bonds is 10. The molecule has 0 radical (unpaired) electrons. The van der Waals surface area contributed by atoms with Crippen molar-refractivity contribution in [3.8, 4) is 29.1 Å². The molecule has 1 aliphatic heterocycles. The normalized spacial score (nSPS) is 13.9. The standard InChI is InChI=1S/C35H32N2O5/c1-3-4-19-39-27-15-11-26(12-16-27)35(38)41-29-17-18-30-32(20-29)42-34(37)31(21-36)33(30)25-9-13-28(14-10-25)40-22-24-7-5-23(2)6-8-24/h5-18,20,33H,3-4,19,22,37H2,1-2H3. The molecule has 1 unspecified atom stereocenters. The van der Waals surface area contributed by atoms with Crippen LogP contribution in [0.15, 0.2) is 102 Å². The van der Waals surface area contributed by atoms with Gasteiger partial charge in [-0.2, -0.15) is 5.26 Å². The van der Waals surface area contributed by atoms with E-state index in [0.717, 1.165) is 29.5 Å². The molecule has 4 aromatic carbocycles. The van der Waals surface area contributed by atoms with E-state index in [1.54, 1.807) is 42.5 Å². The summed E-state index contributed by atoms with van der Waals surface area (Å²) in [4.78, 5) is 12.8. The average molecular weight is 561 g/mol. The van der Waals surface area contributed by atoms with Crippen molar-refractivity contribution < 1.29 is 23.7 Å². The third kappa shape index (κ3) is 6.56. The van der Waals surface area contributed by atoms with Crippen molar-refractivity contribution in [2.75, 3.05) is 6.61 Å². The van der Waals surface area contributed by atoms with Crippen molar-refractivity contribution in [3.63, 3.8) is 0 Å². The maximum atomic E-state index is 12.8. The molecule has 212 valence electrons. The summed E-state index contributed by atoms with van der Waals surface area (Å²) >= 11 is 0. The van der Waals surface area contributed by atoms with Gasteiger partial charge in [-0.05, 0) is 66.9 Å². The van der Waals surface area contributed by atoms with Gasteiger partial charge in [0.2, 0.25) is 5.88 Å². The summed E-state index contributed by atoms with van der Waals surface area (Å²) in [5.41, 5.74) is 10.7. The highest BCUT2D eigenvalue weighted by atomic mass is 16.5. The largest absolute Gasteiger partial charge is 0.494 e. The maximum absolute atomic E-state index is 12.8. The number of nitrogens with zero attached hydrogens (tertiary/aromatic N) is 1. The monoisotopic (exact) mass is 560 g/mol. The Morgan fingerprint density at radius 2 is 1.57 bits per heavy atom. The number of esters is 1. The van der Waals surface area contributed by atoms with E-state index in [1.165, 1.54) is 5.56 Å². The van der Waals surface area contributed by atoms with E-state index >= 15 is 0 Å². The van der Waals surface area contributed by atoms with Crippen molar-refractivity contribution in [1.29, 1.82) is 5.26 Å². The number of nitrogens with two attached hydrogens (primary N) is 1. The summed E-state index contributed by atoms with van der Waals surface area (Å²) in [6, 6.07) is 29.9. The van der Waals surface area contributed by atoms with Crippen LogP contribution in [0.2, 0.25) is 0 Å². The van der Waals surface area contributed by atoms with E-state index < -0.39 is 11.9 Å². The molecule has 0 saturated carbocycles. The minimum Gasteiger partial charge on any atom is -0.494 e. The van der Waals surface area contributed by atoms with Crippen LogP contribution in [0.5, 0.6) is 23.0 Å². The van der Waals surface area contributed by atoms with Crippen LogP contribution in [0.4, 0.5) is 0 Å². The van der Waals surface area contributed by atoms with Gasteiger partial charge >= 0.3 is 5.97 Å². The van der Waals surface area contributed by atoms with Crippen LogP contribution in [0.3, 0.4) is 0 Å². The number of nitriles is 1. The number of benzene rings is 4. The third-order valence-corrected chi connectivity index (χ3v) is 7.00. The number of fused-ring (bicyclic) bond motifs is 1. The van der Waals surface area contributed by atoms with Gasteiger partial charge < -0.3 is 24.7 Å². The number of allylic oxidation sites excluding steroid dienone is 1. The van der Waals surface area contributed by atoms with Crippen LogP contribution in [-0.4, -0.2) is 12.6 Å². The Bertz CT molecular complexity index is 1620. The second-order valence-electron chi connectivity index (χ2n) is 10.1. The Hall–Kier alpha value is -5.22. The van der Waals surface area contributed by atoms with E-state index in [1.807, 2.05) is 43.3 Å². The molecule has 0 saturated heterocycles. The highest BCUT2D eigenvalue weighted by Crippen LogP contribution is 2.43. The average Bonchev–Trinajstić information content (AvgIpc) is 3.01. The van der Waals surface area contributed by atoms with E-state index in [4.69, 9.17) is 24.7 Å². The number of aryl methyl sites for hydroxylation is 1. The predicted octanol–water partition coefficient (Wildman–Crippen LogP) is 7.19. The van der Waals surface area contributed by atoms with E-state index in [-0.39, 0.29) is 5.88 Å². The highest BCUT2D eigenvalue weighted by Gasteiger charge is 2.31. The second kappa shape index (κ2) is 13.0. The fourth-order valence-electron chi connectivity index (χ4n) is 4.64. The lowest BCUT2D eigenvalue weighted by molar-refractivity contribution is 0.0734. The molecule has 1 heterocycles. The number of carbonyl (C=O) groups excluding carboxylic acids is 1. The molecule has 0 aromatic heterocycles. The van der Waals surface area contributed by atoms with Gasteiger partial charge in [0.1, 0.15) is 41.2 Å². The number of hydrogen-bond donors (Lipinski definition) is 1. The lowest BCUT2D eigenvalue weighted by Gasteiger charge is -2.26. The number of hydrogen-bond acceptors (Lipinski definition) is 7. The smallest absolute Gasteiger partial charge is 0.343 e. The molecule has 0 aliphatic carbocycles. The third-order valence-electron chi connectivity index (χ3n) is 7.00. The first-order valence-corrected chi connectivity index (χ1v) is 13.9. The fraction of sp³-hybridized carbons (Fsp3) is 0.200. The van der Waals surface area contributed by atoms with Crippen LogP contribution in [0.1, 0.15) is 58.3 Å². The van der Waals surface area contributed by atoms with Crippen molar-refractivity contribution in [2.45, 2.75) is 39.2 Å². The minimum atomic E-state index is -0.509. The van der Waals surface area contributed by atoms with Crippen LogP contribution in [0.25, 0.3) is 0 Å². The van der Waals surface area contributed by atoms with Crippen LogP contribution in [-0.2, 0) is 6.61 Å². The SMILES string of the molecule is CCCCOc1ccc(C(=O)Oc2ccc3c(c2)OC(N)=C(C#N)C3c2ccc(OCc3ccc(C)cc3)cc2)cc1. The first-order chi connectivity index (χ1) is 20.4. The Balaban J connectivity index is 1.30. The summed E-state index contributed by atoms with van der Waals surface area (Å²) in [5, 5.41) is 9.91. The van der Waals surface area contributed by atoms with Gasteiger partial charge in [0, 0.05) is 11.6 Å². The molecular weight excluding hydrogens is 528 g/mol. The molecule has 5 rings (SSSR count). The van der Waals surface area contributed by atoms with Crippen molar-refractivity contribution in [1.82, 2.24) is 0 Å². The predicted molar refractivity (Wildman–Crippen MR) is 159 cm³/mol. The molecule has 7 heteroatoms. The molecule has 7 nitrogen and oxygen atoms in total. The van der Waals surface area contributed by atoms with Gasteiger partial charge in [-0.25, -0.2) is 4.79 Å². The van der Waals surface area contributed by atoms with Crippen molar-refractivity contribution >= 4 is 5.97 Å². The molecule has 4 aromatic rings. The Morgan fingerprint density at radius 3 is 2.26 bits per heavy atom.